The van der Waals surface area contributed by atoms with E-state index in [9.17, 15) is 18.0 Å². The Hall–Kier alpha value is -1.73. The van der Waals surface area contributed by atoms with Crippen molar-refractivity contribution in [3.8, 4) is 0 Å². The standard InChI is InChI=1S/C13H17F3N2O3/c1-2-20-12(19)9-10(17)21-11(18-9)7-4-3-5-8(6-7)13(14,15)16/h7-8H,2-6,17H2,1H3. The van der Waals surface area contributed by atoms with Crippen LogP contribution in [-0.4, -0.2) is 23.7 Å². The van der Waals surface area contributed by atoms with Gasteiger partial charge in [0.05, 0.1) is 12.5 Å². The quantitative estimate of drug-likeness (QED) is 0.867. The molecule has 0 aliphatic heterocycles. The number of ether oxygens (including phenoxy) is 1. The van der Waals surface area contributed by atoms with E-state index < -0.39 is 24.0 Å². The van der Waals surface area contributed by atoms with E-state index in [0.29, 0.717) is 12.8 Å². The van der Waals surface area contributed by atoms with Gasteiger partial charge in [-0.15, -0.1) is 0 Å². The number of hydrogen-bond acceptors (Lipinski definition) is 5. The number of esters is 1. The van der Waals surface area contributed by atoms with Crippen LogP contribution in [0.4, 0.5) is 19.1 Å². The van der Waals surface area contributed by atoms with Gasteiger partial charge in [0, 0.05) is 5.92 Å². The lowest BCUT2D eigenvalue weighted by atomic mass is 9.81. The smallest absolute Gasteiger partial charge is 0.391 e. The second-order valence-corrected chi connectivity index (χ2v) is 5.09. The predicted molar refractivity (Wildman–Crippen MR) is 67.6 cm³/mol. The van der Waals surface area contributed by atoms with Gasteiger partial charge in [0.1, 0.15) is 0 Å². The van der Waals surface area contributed by atoms with E-state index in [4.69, 9.17) is 14.9 Å². The highest BCUT2D eigenvalue weighted by atomic mass is 19.4. The van der Waals surface area contributed by atoms with E-state index in [1.54, 1.807) is 6.92 Å². The maximum atomic E-state index is 12.8. The van der Waals surface area contributed by atoms with Crippen molar-refractivity contribution in [2.45, 2.75) is 44.7 Å². The lowest BCUT2D eigenvalue weighted by Crippen LogP contribution is -2.28. The van der Waals surface area contributed by atoms with Crippen LogP contribution in [0.1, 0.15) is 54.9 Å². The van der Waals surface area contributed by atoms with Crippen molar-refractivity contribution in [2.75, 3.05) is 12.3 Å². The minimum Gasteiger partial charge on any atom is -0.461 e. The third kappa shape index (κ3) is 3.48. The minimum atomic E-state index is -4.22. The third-order valence-electron chi connectivity index (χ3n) is 3.63. The van der Waals surface area contributed by atoms with E-state index in [-0.39, 0.29) is 36.9 Å². The van der Waals surface area contributed by atoms with Gasteiger partial charge in [-0.1, -0.05) is 6.42 Å². The second kappa shape index (κ2) is 5.95. The van der Waals surface area contributed by atoms with Gasteiger partial charge in [0.25, 0.3) is 0 Å². The van der Waals surface area contributed by atoms with Crippen molar-refractivity contribution in [1.82, 2.24) is 4.98 Å². The second-order valence-electron chi connectivity index (χ2n) is 5.09. The summed E-state index contributed by atoms with van der Waals surface area (Å²) in [6.45, 7) is 1.78. The van der Waals surface area contributed by atoms with Crippen LogP contribution in [0.15, 0.2) is 4.42 Å². The van der Waals surface area contributed by atoms with E-state index in [2.05, 4.69) is 4.98 Å². The Morgan fingerprint density at radius 2 is 2.19 bits per heavy atom. The van der Waals surface area contributed by atoms with Gasteiger partial charge in [-0.05, 0) is 26.2 Å². The summed E-state index contributed by atoms with van der Waals surface area (Å²) >= 11 is 0. The summed E-state index contributed by atoms with van der Waals surface area (Å²) in [4.78, 5) is 15.5. The summed E-state index contributed by atoms with van der Waals surface area (Å²) in [5.41, 5.74) is 5.38. The van der Waals surface area contributed by atoms with Crippen molar-refractivity contribution in [1.29, 1.82) is 0 Å². The molecule has 0 spiro atoms. The predicted octanol–water partition coefficient (Wildman–Crippen LogP) is 3.27. The molecule has 2 rings (SSSR count). The molecule has 1 aromatic heterocycles. The molecule has 118 valence electrons. The molecule has 1 saturated carbocycles. The van der Waals surface area contributed by atoms with E-state index >= 15 is 0 Å². The number of oxazole rings is 1. The zero-order chi connectivity index (χ0) is 15.6. The van der Waals surface area contributed by atoms with Crippen LogP contribution in [0.3, 0.4) is 0 Å². The number of anilines is 1. The molecular formula is C13H17F3N2O3. The first-order valence-electron chi connectivity index (χ1n) is 6.83. The van der Waals surface area contributed by atoms with Crippen LogP contribution in [-0.2, 0) is 4.74 Å². The minimum absolute atomic E-state index is 0.0875. The third-order valence-corrected chi connectivity index (χ3v) is 3.63. The molecule has 0 aromatic carbocycles. The van der Waals surface area contributed by atoms with Gasteiger partial charge in [-0.25, -0.2) is 9.78 Å². The molecule has 1 heterocycles. The zero-order valence-corrected chi connectivity index (χ0v) is 11.6. The first kappa shape index (κ1) is 15.7. The molecule has 2 N–H and O–H groups in total. The van der Waals surface area contributed by atoms with E-state index in [0.717, 1.165) is 0 Å². The van der Waals surface area contributed by atoms with Gasteiger partial charge in [-0.2, -0.15) is 13.2 Å². The number of hydrogen-bond donors (Lipinski definition) is 1. The lowest BCUT2D eigenvalue weighted by molar-refractivity contribution is -0.183. The average Bonchev–Trinajstić information content (AvgIpc) is 2.80. The molecule has 1 aliphatic rings. The monoisotopic (exact) mass is 306 g/mol. The van der Waals surface area contributed by atoms with Crippen molar-refractivity contribution in [3.05, 3.63) is 11.6 Å². The number of carbonyl (C=O) groups is 1. The Kier molecular flexibility index (Phi) is 4.43. The summed E-state index contributed by atoms with van der Waals surface area (Å²) in [6.07, 6.45) is -3.23. The molecular weight excluding hydrogens is 289 g/mol. The largest absolute Gasteiger partial charge is 0.461 e. The molecule has 1 aliphatic carbocycles. The van der Waals surface area contributed by atoms with E-state index in [1.807, 2.05) is 0 Å². The summed E-state index contributed by atoms with van der Waals surface area (Å²) in [7, 11) is 0. The highest BCUT2D eigenvalue weighted by molar-refractivity contribution is 5.91. The Morgan fingerprint density at radius 1 is 1.48 bits per heavy atom. The summed E-state index contributed by atoms with van der Waals surface area (Å²) < 4.78 is 48.3. The Balaban J connectivity index is 2.15. The number of rotatable bonds is 3. The zero-order valence-electron chi connectivity index (χ0n) is 11.6. The SMILES string of the molecule is CCOC(=O)c1nc(C2CCCC(C(F)(F)F)C2)oc1N. The summed E-state index contributed by atoms with van der Waals surface area (Å²) in [5.74, 6) is -2.69. The van der Waals surface area contributed by atoms with Gasteiger partial charge >= 0.3 is 12.1 Å². The number of halogens is 3. The fourth-order valence-electron chi connectivity index (χ4n) is 2.58. The molecule has 8 heteroatoms. The fraction of sp³-hybridized carbons (Fsp3) is 0.692. The van der Waals surface area contributed by atoms with Crippen LogP contribution >= 0.6 is 0 Å². The number of alkyl halides is 3. The molecule has 2 unspecified atom stereocenters. The molecule has 0 amide bonds. The Bertz CT molecular complexity index is 513. The van der Waals surface area contributed by atoms with Crippen LogP contribution in [0, 0.1) is 5.92 Å². The number of aromatic nitrogens is 1. The van der Waals surface area contributed by atoms with Crippen molar-refractivity contribution in [2.24, 2.45) is 5.92 Å². The molecule has 1 aromatic rings. The molecule has 0 bridgehead atoms. The van der Waals surface area contributed by atoms with Crippen molar-refractivity contribution >= 4 is 11.9 Å². The van der Waals surface area contributed by atoms with Crippen molar-refractivity contribution in [3.63, 3.8) is 0 Å². The fourth-order valence-corrected chi connectivity index (χ4v) is 2.58. The number of nitrogens with zero attached hydrogens (tertiary/aromatic N) is 1. The molecule has 1 fully saturated rings. The molecule has 5 nitrogen and oxygen atoms in total. The van der Waals surface area contributed by atoms with Crippen LogP contribution in [0.25, 0.3) is 0 Å². The lowest BCUT2D eigenvalue weighted by Gasteiger charge is -2.28. The maximum absolute atomic E-state index is 12.8. The average molecular weight is 306 g/mol. The Morgan fingerprint density at radius 3 is 2.81 bits per heavy atom. The van der Waals surface area contributed by atoms with Crippen LogP contribution in [0.2, 0.25) is 0 Å². The molecule has 0 saturated heterocycles. The number of nitrogens with two attached hydrogens (primary N) is 1. The summed E-state index contributed by atoms with van der Waals surface area (Å²) in [5, 5.41) is 0. The molecule has 21 heavy (non-hydrogen) atoms. The summed E-state index contributed by atoms with van der Waals surface area (Å²) in [6, 6.07) is 0. The first-order valence-corrected chi connectivity index (χ1v) is 6.83. The molecule has 0 radical (unpaired) electrons. The van der Waals surface area contributed by atoms with Gasteiger partial charge in [-0.3, -0.25) is 0 Å². The van der Waals surface area contributed by atoms with E-state index in [1.165, 1.54) is 0 Å². The number of carbonyl (C=O) groups excluding carboxylic acids is 1. The van der Waals surface area contributed by atoms with Crippen molar-refractivity contribution < 1.29 is 27.1 Å². The maximum Gasteiger partial charge on any atom is 0.391 e. The molecule has 2 atom stereocenters. The first-order chi connectivity index (χ1) is 9.82. The Labute approximate surface area is 119 Å². The van der Waals surface area contributed by atoms with Gasteiger partial charge < -0.3 is 14.9 Å². The topological polar surface area (TPSA) is 78.3 Å². The van der Waals surface area contributed by atoms with Crippen LogP contribution in [0.5, 0.6) is 0 Å². The normalized spacial score (nSPS) is 23.0. The van der Waals surface area contributed by atoms with Gasteiger partial charge in [0.2, 0.25) is 17.5 Å². The van der Waals surface area contributed by atoms with Crippen LogP contribution < -0.4 is 5.73 Å². The number of nitrogen functional groups attached to an aromatic ring is 1. The van der Waals surface area contributed by atoms with Gasteiger partial charge in [0.15, 0.2) is 0 Å². The highest BCUT2D eigenvalue weighted by Gasteiger charge is 2.43. The highest BCUT2D eigenvalue weighted by Crippen LogP contribution is 2.43.